The molecule has 6 aliphatic rings. The molecule has 4 saturated heterocycles. The zero-order valence-electron chi connectivity index (χ0n) is 11.9. The third-order valence-electron chi connectivity index (χ3n) is 6.30. The van der Waals surface area contributed by atoms with Crippen LogP contribution in [0.1, 0.15) is 0 Å². The van der Waals surface area contributed by atoms with Crippen molar-refractivity contribution in [3.63, 3.8) is 0 Å². The highest BCUT2D eigenvalue weighted by Gasteiger charge is 2.89. The Labute approximate surface area is 122 Å². The molecule has 0 N–H and O–H groups in total. The van der Waals surface area contributed by atoms with Gasteiger partial charge in [0.2, 0.25) is 0 Å². The Morgan fingerprint density at radius 2 is 1.19 bits per heavy atom. The van der Waals surface area contributed by atoms with Crippen LogP contribution >= 0.6 is 0 Å². The van der Waals surface area contributed by atoms with Gasteiger partial charge < -0.3 is 9.47 Å². The molecule has 0 aromatic heterocycles. The fourth-order valence-corrected chi connectivity index (χ4v) is 5.89. The van der Waals surface area contributed by atoms with E-state index in [9.17, 15) is 9.59 Å². The molecular weight excluding hydrogens is 272 g/mol. The lowest BCUT2D eigenvalue weighted by Gasteiger charge is -2.45. The van der Waals surface area contributed by atoms with E-state index in [-0.39, 0.29) is 36.1 Å². The average molecular weight is 288 g/mol. The monoisotopic (exact) mass is 288 g/mol. The van der Waals surface area contributed by atoms with Crippen LogP contribution in [0.4, 0.5) is 0 Å². The molecule has 4 unspecified atom stereocenters. The summed E-state index contributed by atoms with van der Waals surface area (Å²) in [5.74, 6) is -0.590. The number of carbonyl (C=O) groups excluding carboxylic acids is 2. The molecule has 0 aromatic rings. The molecule has 6 rings (SSSR count). The van der Waals surface area contributed by atoms with E-state index in [1.807, 2.05) is 0 Å². The summed E-state index contributed by atoms with van der Waals surface area (Å²) < 4.78 is 10.3. The maximum atomic E-state index is 12.8. The number of nitrogens with zero attached hydrogens (tertiary/aromatic N) is 2. The number of hydrogen-bond donors (Lipinski definition) is 0. The molecule has 6 nitrogen and oxygen atoms in total. The van der Waals surface area contributed by atoms with E-state index in [2.05, 4.69) is 34.1 Å². The number of ether oxygens (including phenoxy) is 2. The lowest BCUT2D eigenvalue weighted by Crippen LogP contribution is -2.62. The SMILES string of the molecule is COC(=O)C12C3C=CC4N3CN3C1C=CC3C42C(=O)OC. The Bertz CT molecular complexity index is 558. The van der Waals surface area contributed by atoms with Crippen molar-refractivity contribution in [1.82, 2.24) is 9.80 Å². The number of methoxy groups -OCH3 is 2. The van der Waals surface area contributed by atoms with Gasteiger partial charge in [0.25, 0.3) is 0 Å². The summed E-state index contributed by atoms with van der Waals surface area (Å²) in [5.41, 5.74) is -1.74. The lowest BCUT2D eigenvalue weighted by atomic mass is 9.53. The molecule has 4 fully saturated rings. The second-order valence-electron chi connectivity index (χ2n) is 6.44. The van der Waals surface area contributed by atoms with Crippen molar-refractivity contribution in [2.45, 2.75) is 24.2 Å². The first-order valence-electron chi connectivity index (χ1n) is 7.20. The first-order valence-corrected chi connectivity index (χ1v) is 7.20. The molecule has 6 heteroatoms. The Morgan fingerprint density at radius 1 is 0.857 bits per heavy atom. The summed E-state index contributed by atoms with van der Waals surface area (Å²) in [4.78, 5) is 30.1. The average Bonchev–Trinajstić information content (AvgIpc) is 3.22. The fourth-order valence-electron chi connectivity index (χ4n) is 5.89. The van der Waals surface area contributed by atoms with E-state index in [0.29, 0.717) is 0 Å². The van der Waals surface area contributed by atoms with Crippen molar-refractivity contribution < 1.29 is 19.1 Å². The smallest absolute Gasteiger partial charge is 0.317 e. The Hall–Kier alpha value is -1.66. The van der Waals surface area contributed by atoms with Gasteiger partial charge >= 0.3 is 11.9 Å². The predicted molar refractivity (Wildman–Crippen MR) is 70.9 cm³/mol. The van der Waals surface area contributed by atoms with Crippen LogP contribution in [-0.2, 0) is 19.1 Å². The van der Waals surface area contributed by atoms with Crippen molar-refractivity contribution in [3.8, 4) is 0 Å². The largest absolute Gasteiger partial charge is 0.468 e. The van der Waals surface area contributed by atoms with E-state index < -0.39 is 10.8 Å². The van der Waals surface area contributed by atoms with Crippen LogP contribution in [0.5, 0.6) is 0 Å². The first-order chi connectivity index (χ1) is 10.2. The Balaban J connectivity index is 1.86. The van der Waals surface area contributed by atoms with E-state index in [1.54, 1.807) is 0 Å². The Morgan fingerprint density at radius 3 is 1.48 bits per heavy atom. The third-order valence-corrected chi connectivity index (χ3v) is 6.30. The Kier molecular flexibility index (Phi) is 1.83. The van der Waals surface area contributed by atoms with E-state index in [4.69, 9.17) is 9.47 Å². The second kappa shape index (κ2) is 3.23. The maximum Gasteiger partial charge on any atom is 0.317 e. The number of carbonyl (C=O) groups is 2. The number of esters is 2. The minimum atomic E-state index is -0.869. The van der Waals surface area contributed by atoms with Gasteiger partial charge in [-0.15, -0.1) is 0 Å². The van der Waals surface area contributed by atoms with Crippen molar-refractivity contribution in [2.75, 3.05) is 20.9 Å². The van der Waals surface area contributed by atoms with Crippen molar-refractivity contribution in [1.29, 1.82) is 0 Å². The lowest BCUT2D eigenvalue weighted by molar-refractivity contribution is -0.174. The summed E-state index contributed by atoms with van der Waals surface area (Å²) in [5, 5.41) is 0. The topological polar surface area (TPSA) is 59.1 Å². The van der Waals surface area contributed by atoms with E-state index in [1.165, 1.54) is 14.2 Å². The van der Waals surface area contributed by atoms with Gasteiger partial charge in [0.15, 0.2) is 0 Å². The van der Waals surface area contributed by atoms with Crippen molar-refractivity contribution in [2.24, 2.45) is 10.8 Å². The van der Waals surface area contributed by atoms with Crippen LogP contribution < -0.4 is 0 Å². The molecule has 0 saturated carbocycles. The minimum absolute atomic E-state index is 0.0785. The minimum Gasteiger partial charge on any atom is -0.468 e. The van der Waals surface area contributed by atoms with Gasteiger partial charge in [-0.2, -0.15) is 0 Å². The van der Waals surface area contributed by atoms with E-state index >= 15 is 0 Å². The van der Waals surface area contributed by atoms with E-state index in [0.717, 1.165) is 6.67 Å². The first kappa shape index (κ1) is 11.9. The van der Waals surface area contributed by atoms with Gasteiger partial charge in [-0.1, -0.05) is 24.3 Å². The van der Waals surface area contributed by atoms with Gasteiger partial charge in [0.05, 0.1) is 20.9 Å². The van der Waals surface area contributed by atoms with Crippen molar-refractivity contribution >= 4 is 11.9 Å². The second-order valence-corrected chi connectivity index (χ2v) is 6.44. The van der Waals surface area contributed by atoms with Crippen LogP contribution in [0, 0.1) is 10.8 Å². The van der Waals surface area contributed by atoms with Gasteiger partial charge in [-0.05, 0) is 0 Å². The van der Waals surface area contributed by atoms with Crippen LogP contribution in [-0.4, -0.2) is 66.8 Å². The molecular formula is C15H16N2O4. The highest BCUT2D eigenvalue weighted by atomic mass is 16.5. The zero-order chi connectivity index (χ0) is 14.6. The van der Waals surface area contributed by atoms with Crippen LogP contribution in [0.25, 0.3) is 0 Å². The summed E-state index contributed by atoms with van der Waals surface area (Å²) >= 11 is 0. The molecule has 0 amide bonds. The zero-order valence-corrected chi connectivity index (χ0v) is 11.9. The van der Waals surface area contributed by atoms with Gasteiger partial charge in [-0.3, -0.25) is 19.4 Å². The van der Waals surface area contributed by atoms with Crippen molar-refractivity contribution in [3.05, 3.63) is 24.3 Å². The molecule has 110 valence electrons. The summed E-state index contributed by atoms with van der Waals surface area (Å²) in [7, 11) is 2.81. The quantitative estimate of drug-likeness (QED) is 0.505. The van der Waals surface area contributed by atoms with Gasteiger partial charge in [0, 0.05) is 24.2 Å². The summed E-state index contributed by atoms with van der Waals surface area (Å²) in [6, 6.07) is -0.314. The van der Waals surface area contributed by atoms with Crippen LogP contribution in [0.15, 0.2) is 24.3 Å². The summed E-state index contributed by atoms with van der Waals surface area (Å²) in [6.45, 7) is 0.780. The highest BCUT2D eigenvalue weighted by molar-refractivity contribution is 5.96. The molecule has 21 heavy (non-hydrogen) atoms. The van der Waals surface area contributed by atoms with Gasteiger partial charge in [-0.25, -0.2) is 0 Å². The molecule has 0 aromatic carbocycles. The number of rotatable bonds is 2. The molecule has 6 heterocycles. The number of hydrogen-bond acceptors (Lipinski definition) is 6. The molecule has 8 bridgehead atoms. The highest BCUT2D eigenvalue weighted by Crippen LogP contribution is 2.73. The van der Waals surface area contributed by atoms with Gasteiger partial charge in [0.1, 0.15) is 10.8 Å². The molecule has 4 atom stereocenters. The third kappa shape index (κ3) is 0.819. The fraction of sp³-hybridized carbons (Fsp3) is 0.600. The molecule has 0 aliphatic carbocycles. The van der Waals surface area contributed by atoms with Crippen LogP contribution in [0.2, 0.25) is 0 Å². The van der Waals surface area contributed by atoms with Crippen LogP contribution in [0.3, 0.4) is 0 Å². The molecule has 6 aliphatic heterocycles. The standard InChI is InChI=1S/C15H16N2O4/c1-20-12(18)14-8-3-5-10-15(14,13(19)21-2)11-6-4-9(14)17(11)7-16(8)10/h3-6,8-11H,7H2,1-2H3. The summed E-state index contributed by atoms with van der Waals surface area (Å²) in [6.07, 6.45) is 8.26. The predicted octanol–water partition coefficient (Wildman–Crippen LogP) is -0.478. The molecule has 0 radical (unpaired) electrons. The normalized spacial score (nSPS) is 56.3. The maximum absolute atomic E-state index is 12.8. The molecule has 0 spiro atoms.